The fourth-order valence-corrected chi connectivity index (χ4v) is 3.94. The molecule has 1 unspecified atom stereocenters. The van der Waals surface area contributed by atoms with Crippen molar-refractivity contribution in [1.82, 2.24) is 4.90 Å². The van der Waals surface area contributed by atoms with Crippen LogP contribution in [0.15, 0.2) is 22.7 Å². The van der Waals surface area contributed by atoms with Gasteiger partial charge < -0.3 is 5.11 Å². The normalized spacial score (nSPS) is 24.4. The first-order chi connectivity index (χ1) is 9.63. The van der Waals surface area contributed by atoms with Crippen molar-refractivity contribution in [1.29, 1.82) is 0 Å². The molecule has 0 saturated carbocycles. The van der Waals surface area contributed by atoms with Gasteiger partial charge in [-0.05, 0) is 68.5 Å². The first-order valence-corrected chi connectivity index (χ1v) is 8.17. The molecule has 20 heavy (non-hydrogen) atoms. The summed E-state index contributed by atoms with van der Waals surface area (Å²) in [5.41, 5.74) is 2.93. The van der Waals surface area contributed by atoms with E-state index in [1.165, 1.54) is 17.5 Å². The van der Waals surface area contributed by atoms with Crippen molar-refractivity contribution >= 4 is 21.9 Å². The SMILES string of the molecule is O=C(O)C1CCN(C2CCc3cc(Br)ccc3C2)CC1. The highest BCUT2D eigenvalue weighted by atomic mass is 79.9. The number of nitrogens with zero attached hydrogens (tertiary/aromatic N) is 1. The Morgan fingerprint density at radius 1 is 1.20 bits per heavy atom. The van der Waals surface area contributed by atoms with Crippen molar-refractivity contribution in [2.75, 3.05) is 13.1 Å². The van der Waals surface area contributed by atoms with Crippen LogP contribution >= 0.6 is 15.9 Å². The molecule has 1 heterocycles. The molecule has 0 bridgehead atoms. The number of carboxylic acids is 1. The monoisotopic (exact) mass is 337 g/mol. The van der Waals surface area contributed by atoms with Gasteiger partial charge >= 0.3 is 5.97 Å². The molecule has 1 aliphatic heterocycles. The molecule has 0 radical (unpaired) electrons. The number of aryl methyl sites for hydroxylation is 1. The van der Waals surface area contributed by atoms with E-state index in [-0.39, 0.29) is 5.92 Å². The number of benzene rings is 1. The van der Waals surface area contributed by atoms with Crippen molar-refractivity contribution in [2.24, 2.45) is 5.92 Å². The van der Waals surface area contributed by atoms with E-state index in [1.807, 2.05) is 0 Å². The van der Waals surface area contributed by atoms with E-state index >= 15 is 0 Å². The van der Waals surface area contributed by atoms with E-state index in [9.17, 15) is 4.79 Å². The number of carbonyl (C=O) groups is 1. The average Bonchev–Trinajstić information content (AvgIpc) is 2.47. The molecule has 1 aromatic rings. The van der Waals surface area contributed by atoms with Gasteiger partial charge in [0.1, 0.15) is 0 Å². The minimum atomic E-state index is -0.622. The van der Waals surface area contributed by atoms with Gasteiger partial charge in [-0.15, -0.1) is 0 Å². The molecule has 1 saturated heterocycles. The van der Waals surface area contributed by atoms with Crippen molar-refractivity contribution in [2.45, 2.75) is 38.1 Å². The summed E-state index contributed by atoms with van der Waals surface area (Å²) in [6, 6.07) is 7.19. The lowest BCUT2D eigenvalue weighted by Gasteiger charge is -2.39. The largest absolute Gasteiger partial charge is 0.481 e. The van der Waals surface area contributed by atoms with Crippen LogP contribution in [0.4, 0.5) is 0 Å². The molecule has 1 aliphatic carbocycles. The number of hydrogen-bond donors (Lipinski definition) is 1. The Hall–Kier alpha value is -0.870. The third-order valence-electron chi connectivity index (χ3n) is 4.77. The molecule has 1 N–H and O–H groups in total. The van der Waals surface area contributed by atoms with E-state index < -0.39 is 5.97 Å². The average molecular weight is 338 g/mol. The lowest BCUT2D eigenvalue weighted by atomic mass is 9.86. The first-order valence-electron chi connectivity index (χ1n) is 7.37. The summed E-state index contributed by atoms with van der Waals surface area (Å²) in [7, 11) is 0. The zero-order chi connectivity index (χ0) is 14.1. The summed E-state index contributed by atoms with van der Waals surface area (Å²) in [4.78, 5) is 13.5. The highest BCUT2D eigenvalue weighted by Gasteiger charge is 2.30. The van der Waals surface area contributed by atoms with Gasteiger partial charge in [0.15, 0.2) is 0 Å². The molecule has 0 spiro atoms. The Kier molecular flexibility index (Phi) is 4.13. The number of halogens is 1. The van der Waals surface area contributed by atoms with Gasteiger partial charge in [-0.3, -0.25) is 9.69 Å². The van der Waals surface area contributed by atoms with E-state index in [2.05, 4.69) is 39.0 Å². The smallest absolute Gasteiger partial charge is 0.306 e. The number of likely N-dealkylation sites (tertiary alicyclic amines) is 1. The van der Waals surface area contributed by atoms with E-state index in [0.717, 1.165) is 43.2 Å². The van der Waals surface area contributed by atoms with Crippen LogP contribution in [0, 0.1) is 5.92 Å². The molecule has 4 heteroatoms. The second-order valence-electron chi connectivity index (χ2n) is 5.96. The number of hydrogen-bond acceptors (Lipinski definition) is 2. The van der Waals surface area contributed by atoms with Crippen molar-refractivity contribution < 1.29 is 9.90 Å². The number of carboxylic acid groups (broad SMARTS) is 1. The standard InChI is InChI=1S/C16H20BrNO2/c17-14-3-1-13-10-15(4-2-12(13)9-14)18-7-5-11(6-8-18)16(19)20/h1,3,9,11,15H,2,4-8,10H2,(H,19,20). The fraction of sp³-hybridized carbons (Fsp3) is 0.562. The Labute approximate surface area is 128 Å². The maximum absolute atomic E-state index is 11.0. The van der Waals surface area contributed by atoms with Crippen LogP contribution in [0.3, 0.4) is 0 Å². The summed E-state index contributed by atoms with van der Waals surface area (Å²) in [5.74, 6) is -0.749. The molecule has 1 atom stereocenters. The van der Waals surface area contributed by atoms with Gasteiger partial charge in [0.25, 0.3) is 0 Å². The maximum Gasteiger partial charge on any atom is 0.306 e. The van der Waals surface area contributed by atoms with Crippen LogP contribution in [-0.2, 0) is 17.6 Å². The van der Waals surface area contributed by atoms with Crippen molar-refractivity contribution in [3.63, 3.8) is 0 Å². The topological polar surface area (TPSA) is 40.5 Å². The molecule has 3 nitrogen and oxygen atoms in total. The Morgan fingerprint density at radius 2 is 1.95 bits per heavy atom. The zero-order valence-electron chi connectivity index (χ0n) is 11.5. The number of aliphatic carboxylic acids is 1. The molecule has 0 aromatic heterocycles. The minimum absolute atomic E-state index is 0.127. The van der Waals surface area contributed by atoms with Crippen LogP contribution in [-0.4, -0.2) is 35.1 Å². The second-order valence-corrected chi connectivity index (χ2v) is 6.87. The van der Waals surface area contributed by atoms with Gasteiger partial charge in [-0.2, -0.15) is 0 Å². The Bertz CT molecular complexity index is 509. The van der Waals surface area contributed by atoms with Gasteiger partial charge in [0.2, 0.25) is 0 Å². The molecule has 108 valence electrons. The fourth-order valence-electron chi connectivity index (χ4n) is 3.53. The Morgan fingerprint density at radius 3 is 2.65 bits per heavy atom. The van der Waals surface area contributed by atoms with Gasteiger partial charge in [-0.25, -0.2) is 0 Å². The third kappa shape index (κ3) is 2.91. The molecule has 3 rings (SSSR count). The number of piperidine rings is 1. The van der Waals surface area contributed by atoms with Gasteiger partial charge in [0, 0.05) is 10.5 Å². The van der Waals surface area contributed by atoms with Crippen LogP contribution in [0.2, 0.25) is 0 Å². The summed E-state index contributed by atoms with van der Waals surface area (Å²) in [5, 5.41) is 9.07. The summed E-state index contributed by atoms with van der Waals surface area (Å²) in [6.45, 7) is 1.88. The molecule has 1 aromatic carbocycles. The molecule has 1 fully saturated rings. The Balaban J connectivity index is 1.63. The number of rotatable bonds is 2. The van der Waals surface area contributed by atoms with Gasteiger partial charge in [-0.1, -0.05) is 22.0 Å². The van der Waals surface area contributed by atoms with Crippen LogP contribution < -0.4 is 0 Å². The highest BCUT2D eigenvalue weighted by molar-refractivity contribution is 9.10. The quantitative estimate of drug-likeness (QED) is 0.901. The van der Waals surface area contributed by atoms with Crippen LogP contribution in [0.5, 0.6) is 0 Å². The zero-order valence-corrected chi connectivity index (χ0v) is 13.1. The van der Waals surface area contributed by atoms with Crippen molar-refractivity contribution in [3.05, 3.63) is 33.8 Å². The minimum Gasteiger partial charge on any atom is -0.481 e. The summed E-state index contributed by atoms with van der Waals surface area (Å²) in [6.07, 6.45) is 5.05. The van der Waals surface area contributed by atoms with E-state index in [0.29, 0.717) is 6.04 Å². The lowest BCUT2D eigenvalue weighted by molar-refractivity contribution is -0.143. The van der Waals surface area contributed by atoms with Crippen molar-refractivity contribution in [3.8, 4) is 0 Å². The third-order valence-corrected chi connectivity index (χ3v) is 5.26. The maximum atomic E-state index is 11.0. The summed E-state index contributed by atoms with van der Waals surface area (Å²) >= 11 is 3.54. The first kappa shape index (κ1) is 14.1. The molecular formula is C16H20BrNO2. The molecule has 0 amide bonds. The second kappa shape index (κ2) is 5.86. The summed E-state index contributed by atoms with van der Waals surface area (Å²) < 4.78 is 1.16. The van der Waals surface area contributed by atoms with E-state index in [1.54, 1.807) is 0 Å². The van der Waals surface area contributed by atoms with Gasteiger partial charge in [0.05, 0.1) is 5.92 Å². The van der Waals surface area contributed by atoms with Crippen LogP contribution in [0.25, 0.3) is 0 Å². The lowest BCUT2D eigenvalue weighted by Crippen LogP contribution is -2.45. The predicted molar refractivity (Wildman–Crippen MR) is 81.9 cm³/mol. The highest BCUT2D eigenvalue weighted by Crippen LogP contribution is 2.29. The van der Waals surface area contributed by atoms with Crippen LogP contribution in [0.1, 0.15) is 30.4 Å². The van der Waals surface area contributed by atoms with E-state index in [4.69, 9.17) is 5.11 Å². The molecule has 2 aliphatic rings. The molecular weight excluding hydrogens is 318 g/mol. The predicted octanol–water partition coefficient (Wildman–Crippen LogP) is 3.10. The number of fused-ring (bicyclic) bond motifs is 1.